The largest absolute Gasteiger partial charge is 0.237 e. The highest BCUT2D eigenvalue weighted by atomic mass is 35.5. The van der Waals surface area contributed by atoms with Crippen molar-refractivity contribution in [2.24, 2.45) is 0 Å². The summed E-state index contributed by atoms with van der Waals surface area (Å²) in [5.74, 6) is 0. The van der Waals surface area contributed by atoms with Crippen LogP contribution in [0.2, 0.25) is 5.02 Å². The van der Waals surface area contributed by atoms with Crippen molar-refractivity contribution < 1.29 is 0 Å². The third-order valence-electron chi connectivity index (χ3n) is 2.81. The molecule has 0 amide bonds. The second kappa shape index (κ2) is 5.92. The second-order valence-corrected chi connectivity index (χ2v) is 7.01. The van der Waals surface area contributed by atoms with Gasteiger partial charge in [0.05, 0.1) is 5.69 Å². The lowest BCUT2D eigenvalue weighted by Crippen LogP contribution is -1.77. The van der Waals surface area contributed by atoms with E-state index in [1.54, 1.807) is 22.7 Å². The molecule has 0 aliphatic rings. The van der Waals surface area contributed by atoms with Gasteiger partial charge in [0.15, 0.2) is 0 Å². The first-order valence-electron chi connectivity index (χ1n) is 6.17. The quantitative estimate of drug-likeness (QED) is 0.577. The van der Waals surface area contributed by atoms with E-state index < -0.39 is 0 Å². The molecule has 3 rings (SSSR count). The molecule has 20 heavy (non-hydrogen) atoms. The van der Waals surface area contributed by atoms with Crippen LogP contribution >= 0.6 is 34.3 Å². The molecule has 4 heteroatoms. The Hall–Kier alpha value is -1.42. The molecule has 0 spiro atoms. The molecule has 1 nitrogen and oxygen atoms in total. The molecule has 100 valence electrons. The van der Waals surface area contributed by atoms with Crippen LogP contribution in [0.5, 0.6) is 0 Å². The molecular weight excluding hydrogens is 306 g/mol. The van der Waals surface area contributed by atoms with Crippen LogP contribution in [0.4, 0.5) is 0 Å². The van der Waals surface area contributed by atoms with Gasteiger partial charge in [-0.05, 0) is 43.3 Å². The molecular formula is C16H12ClNS2. The molecule has 1 aromatic carbocycles. The molecule has 0 saturated carbocycles. The summed E-state index contributed by atoms with van der Waals surface area (Å²) in [5.41, 5.74) is 2.09. The van der Waals surface area contributed by atoms with E-state index in [2.05, 4.69) is 41.6 Å². The number of nitrogens with zero attached hydrogens (tertiary/aromatic N) is 1. The lowest BCUT2D eigenvalue weighted by atomic mass is 10.2. The van der Waals surface area contributed by atoms with Gasteiger partial charge in [0.25, 0.3) is 0 Å². The summed E-state index contributed by atoms with van der Waals surface area (Å²) in [5, 5.41) is 3.83. The van der Waals surface area contributed by atoms with E-state index in [1.165, 1.54) is 9.75 Å². The van der Waals surface area contributed by atoms with Crippen LogP contribution in [0, 0.1) is 6.92 Å². The molecule has 0 N–H and O–H groups in total. The monoisotopic (exact) mass is 317 g/mol. The van der Waals surface area contributed by atoms with Gasteiger partial charge in [-0.15, -0.1) is 22.7 Å². The maximum Gasteiger partial charge on any atom is 0.116 e. The average molecular weight is 318 g/mol. The van der Waals surface area contributed by atoms with Crippen molar-refractivity contribution >= 4 is 46.4 Å². The minimum absolute atomic E-state index is 0.747. The number of hydrogen-bond acceptors (Lipinski definition) is 3. The number of benzene rings is 1. The Kier molecular flexibility index (Phi) is 4.01. The number of rotatable bonds is 3. The first-order valence-corrected chi connectivity index (χ1v) is 8.24. The van der Waals surface area contributed by atoms with Crippen molar-refractivity contribution in [2.45, 2.75) is 6.92 Å². The summed E-state index contributed by atoms with van der Waals surface area (Å²) in [6.07, 6.45) is 4.18. The van der Waals surface area contributed by atoms with Gasteiger partial charge < -0.3 is 0 Å². The van der Waals surface area contributed by atoms with E-state index in [0.29, 0.717) is 0 Å². The molecule has 0 aliphatic carbocycles. The molecule has 0 fully saturated rings. The summed E-state index contributed by atoms with van der Waals surface area (Å²) in [4.78, 5) is 7.21. The van der Waals surface area contributed by atoms with Crippen molar-refractivity contribution in [3.8, 4) is 11.3 Å². The Bertz CT molecular complexity index is 738. The zero-order valence-electron chi connectivity index (χ0n) is 10.8. The molecule has 0 bridgehead atoms. The van der Waals surface area contributed by atoms with Gasteiger partial charge in [-0.2, -0.15) is 0 Å². The Morgan fingerprint density at radius 1 is 1.05 bits per heavy atom. The average Bonchev–Trinajstić information content (AvgIpc) is 3.06. The van der Waals surface area contributed by atoms with Crippen molar-refractivity contribution in [1.82, 2.24) is 4.98 Å². The van der Waals surface area contributed by atoms with Crippen molar-refractivity contribution in [3.05, 3.63) is 61.6 Å². The van der Waals surface area contributed by atoms with Crippen molar-refractivity contribution in [1.29, 1.82) is 0 Å². The summed E-state index contributed by atoms with van der Waals surface area (Å²) in [7, 11) is 0. The maximum atomic E-state index is 5.90. The molecule has 0 radical (unpaired) electrons. The van der Waals surface area contributed by atoms with Crippen LogP contribution in [0.15, 0.2) is 41.8 Å². The highest BCUT2D eigenvalue weighted by Gasteiger charge is 2.02. The van der Waals surface area contributed by atoms with E-state index in [4.69, 9.17) is 11.6 Å². The highest BCUT2D eigenvalue weighted by molar-refractivity contribution is 7.13. The minimum Gasteiger partial charge on any atom is -0.237 e. The van der Waals surface area contributed by atoms with Gasteiger partial charge in [0, 0.05) is 25.7 Å². The summed E-state index contributed by atoms with van der Waals surface area (Å²) in [6.45, 7) is 2.12. The minimum atomic E-state index is 0.747. The first-order chi connectivity index (χ1) is 9.70. The van der Waals surface area contributed by atoms with Crippen LogP contribution < -0.4 is 0 Å². The van der Waals surface area contributed by atoms with Crippen molar-refractivity contribution in [2.75, 3.05) is 0 Å². The molecule has 0 unspecified atom stereocenters. The van der Waals surface area contributed by atoms with Crippen LogP contribution in [-0.4, -0.2) is 4.98 Å². The van der Waals surface area contributed by atoms with E-state index in [1.807, 2.05) is 24.3 Å². The van der Waals surface area contributed by atoms with E-state index in [9.17, 15) is 0 Å². The maximum absolute atomic E-state index is 5.90. The fourth-order valence-electron chi connectivity index (χ4n) is 1.81. The predicted molar refractivity (Wildman–Crippen MR) is 90.5 cm³/mol. The Labute approximate surface area is 131 Å². The Morgan fingerprint density at radius 2 is 1.85 bits per heavy atom. The SMILES string of the molecule is Cc1ccc(/C=C/c2nc(-c3ccc(Cl)cc3)cs2)s1. The number of aromatic nitrogens is 1. The van der Waals surface area contributed by atoms with Gasteiger partial charge in [-0.1, -0.05) is 23.7 Å². The normalized spacial score (nSPS) is 11.3. The van der Waals surface area contributed by atoms with Crippen molar-refractivity contribution in [3.63, 3.8) is 0 Å². The van der Waals surface area contributed by atoms with E-state index in [0.717, 1.165) is 21.3 Å². The topological polar surface area (TPSA) is 12.9 Å². The van der Waals surface area contributed by atoms with E-state index in [-0.39, 0.29) is 0 Å². The van der Waals surface area contributed by atoms with Gasteiger partial charge in [0.2, 0.25) is 0 Å². The van der Waals surface area contributed by atoms with Gasteiger partial charge >= 0.3 is 0 Å². The molecule has 2 aromatic heterocycles. The zero-order valence-corrected chi connectivity index (χ0v) is 13.2. The van der Waals surface area contributed by atoms with Crippen LogP contribution in [0.25, 0.3) is 23.4 Å². The third-order valence-corrected chi connectivity index (χ3v) is 4.84. The zero-order chi connectivity index (χ0) is 13.9. The smallest absolute Gasteiger partial charge is 0.116 e. The fraction of sp³-hybridized carbons (Fsp3) is 0.0625. The van der Waals surface area contributed by atoms with Crippen LogP contribution in [0.3, 0.4) is 0 Å². The fourth-order valence-corrected chi connectivity index (χ4v) is 3.44. The van der Waals surface area contributed by atoms with Gasteiger partial charge in [-0.25, -0.2) is 4.98 Å². The number of hydrogen-bond donors (Lipinski definition) is 0. The van der Waals surface area contributed by atoms with E-state index >= 15 is 0 Å². The Morgan fingerprint density at radius 3 is 2.55 bits per heavy atom. The summed E-state index contributed by atoms with van der Waals surface area (Å²) >= 11 is 9.33. The third kappa shape index (κ3) is 3.18. The van der Waals surface area contributed by atoms with Crippen LogP contribution in [0.1, 0.15) is 14.8 Å². The molecule has 3 aromatic rings. The van der Waals surface area contributed by atoms with Gasteiger partial charge in [-0.3, -0.25) is 0 Å². The predicted octanol–water partition coefficient (Wildman–Crippen LogP) is 6.00. The lowest BCUT2D eigenvalue weighted by molar-refractivity contribution is 1.39. The number of halogens is 1. The second-order valence-electron chi connectivity index (χ2n) is 4.36. The highest BCUT2D eigenvalue weighted by Crippen LogP contribution is 2.25. The van der Waals surface area contributed by atoms with Gasteiger partial charge in [0.1, 0.15) is 5.01 Å². The number of thiophene rings is 1. The molecule has 0 aliphatic heterocycles. The summed E-state index contributed by atoms with van der Waals surface area (Å²) in [6, 6.07) is 12.0. The van der Waals surface area contributed by atoms with Crippen LogP contribution in [-0.2, 0) is 0 Å². The summed E-state index contributed by atoms with van der Waals surface area (Å²) < 4.78 is 0. The number of thiazole rings is 1. The standard InChI is InChI=1S/C16H12ClNS2/c1-11-2-7-14(20-11)8-9-16-18-15(10-19-16)12-3-5-13(17)6-4-12/h2-10H,1H3/b9-8+. The molecule has 0 atom stereocenters. The first kappa shape index (κ1) is 13.6. The molecule has 0 saturated heterocycles. The number of aryl methyl sites for hydroxylation is 1. The Balaban J connectivity index is 1.80. The lowest BCUT2D eigenvalue weighted by Gasteiger charge is -1.95. The molecule has 2 heterocycles.